The predicted molar refractivity (Wildman–Crippen MR) is 79.5 cm³/mol. The summed E-state index contributed by atoms with van der Waals surface area (Å²) in [6, 6.07) is 10.3. The van der Waals surface area contributed by atoms with Gasteiger partial charge in [0.05, 0.1) is 12.7 Å². The minimum atomic E-state index is 0.145. The number of aryl methyl sites for hydroxylation is 1. The highest BCUT2D eigenvalue weighted by Gasteiger charge is 2.22. The van der Waals surface area contributed by atoms with Gasteiger partial charge in [-0.2, -0.15) is 0 Å². The molecular weight excluding hydrogens is 306 g/mol. The molecule has 1 fully saturated rings. The molecule has 1 aliphatic rings. The first-order valence-electron chi connectivity index (χ1n) is 6.79. The molecule has 1 aromatic carbocycles. The number of carbonyl (C=O) groups is 1. The lowest BCUT2D eigenvalue weighted by Gasteiger charge is -2.32. The summed E-state index contributed by atoms with van der Waals surface area (Å²) in [5.74, 6) is 0.255. The average molecular weight is 326 g/mol. The molecule has 0 radical (unpaired) electrons. The molecule has 1 heterocycles. The van der Waals surface area contributed by atoms with E-state index in [1.54, 1.807) is 0 Å². The molecule has 0 saturated carbocycles. The van der Waals surface area contributed by atoms with Gasteiger partial charge in [-0.05, 0) is 18.4 Å². The summed E-state index contributed by atoms with van der Waals surface area (Å²) in [7, 11) is 0. The quantitative estimate of drug-likeness (QED) is 0.779. The zero-order chi connectivity index (χ0) is 13.5. The van der Waals surface area contributed by atoms with Crippen LogP contribution in [0, 0.1) is 0 Å². The average Bonchev–Trinajstić information content (AvgIpc) is 2.48. The molecule has 0 aromatic heterocycles. The van der Waals surface area contributed by atoms with Crippen LogP contribution in [0.3, 0.4) is 0 Å². The molecule has 1 amide bonds. The summed E-state index contributed by atoms with van der Waals surface area (Å²) in [4.78, 5) is 14.0. The van der Waals surface area contributed by atoms with Crippen LogP contribution in [-0.2, 0) is 16.0 Å². The lowest BCUT2D eigenvalue weighted by Crippen LogP contribution is -2.46. The lowest BCUT2D eigenvalue weighted by atomic mass is 10.1. The topological polar surface area (TPSA) is 29.5 Å². The number of hydrogen-bond acceptors (Lipinski definition) is 2. The molecule has 0 aliphatic carbocycles. The smallest absolute Gasteiger partial charge is 0.222 e. The SMILES string of the molecule is O=C(CCCc1ccccc1)N1CCOC(CBr)C1. The largest absolute Gasteiger partial charge is 0.374 e. The van der Waals surface area contributed by atoms with E-state index in [0.717, 1.165) is 31.3 Å². The highest BCUT2D eigenvalue weighted by molar-refractivity contribution is 9.09. The van der Waals surface area contributed by atoms with Gasteiger partial charge in [-0.25, -0.2) is 0 Å². The Hall–Kier alpha value is -0.870. The molecule has 1 unspecified atom stereocenters. The minimum absolute atomic E-state index is 0.145. The van der Waals surface area contributed by atoms with Gasteiger partial charge >= 0.3 is 0 Å². The van der Waals surface area contributed by atoms with E-state index in [-0.39, 0.29) is 12.0 Å². The Bertz CT molecular complexity index is 396. The monoisotopic (exact) mass is 325 g/mol. The fourth-order valence-corrected chi connectivity index (χ4v) is 2.68. The second-order valence-corrected chi connectivity index (χ2v) is 5.47. The minimum Gasteiger partial charge on any atom is -0.374 e. The Balaban J connectivity index is 1.72. The maximum Gasteiger partial charge on any atom is 0.222 e. The van der Waals surface area contributed by atoms with E-state index in [9.17, 15) is 4.79 Å². The number of benzene rings is 1. The normalized spacial score (nSPS) is 19.4. The number of ether oxygens (including phenoxy) is 1. The summed E-state index contributed by atoms with van der Waals surface area (Å²) >= 11 is 3.41. The number of rotatable bonds is 5. The Morgan fingerprint density at radius 2 is 2.16 bits per heavy atom. The van der Waals surface area contributed by atoms with E-state index in [1.165, 1.54) is 5.56 Å². The summed E-state index contributed by atoms with van der Waals surface area (Å²) in [6.07, 6.45) is 2.66. The van der Waals surface area contributed by atoms with Crippen molar-refractivity contribution in [3.05, 3.63) is 35.9 Å². The number of halogens is 1. The Kier molecular flexibility index (Phi) is 5.86. The van der Waals surface area contributed by atoms with Crippen LogP contribution >= 0.6 is 15.9 Å². The first kappa shape index (κ1) is 14.5. The van der Waals surface area contributed by atoms with Gasteiger partial charge in [0.15, 0.2) is 0 Å². The van der Waals surface area contributed by atoms with Crippen LogP contribution in [0.25, 0.3) is 0 Å². The maximum atomic E-state index is 12.1. The second kappa shape index (κ2) is 7.65. The number of alkyl halides is 1. The van der Waals surface area contributed by atoms with Crippen LogP contribution in [0.5, 0.6) is 0 Å². The molecule has 1 atom stereocenters. The van der Waals surface area contributed by atoms with Gasteiger partial charge < -0.3 is 9.64 Å². The van der Waals surface area contributed by atoms with Gasteiger partial charge in [-0.15, -0.1) is 0 Å². The fraction of sp³-hybridized carbons (Fsp3) is 0.533. The van der Waals surface area contributed by atoms with Crippen molar-refractivity contribution in [2.24, 2.45) is 0 Å². The molecule has 0 spiro atoms. The van der Waals surface area contributed by atoms with Crippen molar-refractivity contribution in [1.82, 2.24) is 4.90 Å². The van der Waals surface area contributed by atoms with E-state index in [2.05, 4.69) is 28.1 Å². The van der Waals surface area contributed by atoms with Crippen molar-refractivity contribution in [2.75, 3.05) is 25.0 Å². The van der Waals surface area contributed by atoms with Crippen LogP contribution in [0.1, 0.15) is 18.4 Å². The van der Waals surface area contributed by atoms with Gasteiger partial charge in [0, 0.05) is 24.8 Å². The highest BCUT2D eigenvalue weighted by atomic mass is 79.9. The maximum absolute atomic E-state index is 12.1. The molecule has 2 rings (SSSR count). The Morgan fingerprint density at radius 3 is 2.89 bits per heavy atom. The van der Waals surface area contributed by atoms with Crippen molar-refractivity contribution in [2.45, 2.75) is 25.4 Å². The van der Waals surface area contributed by atoms with E-state index >= 15 is 0 Å². The van der Waals surface area contributed by atoms with Gasteiger partial charge in [0.1, 0.15) is 0 Å². The third-order valence-corrected chi connectivity index (χ3v) is 4.08. The van der Waals surface area contributed by atoms with E-state index in [1.807, 2.05) is 23.1 Å². The molecule has 19 heavy (non-hydrogen) atoms. The standard InChI is InChI=1S/C15H20BrNO2/c16-11-14-12-17(9-10-19-14)15(18)8-4-7-13-5-2-1-3-6-13/h1-3,5-6,14H,4,7-12H2. The summed E-state index contributed by atoms with van der Waals surface area (Å²) < 4.78 is 5.54. The summed E-state index contributed by atoms with van der Waals surface area (Å²) in [5, 5.41) is 0.792. The van der Waals surface area contributed by atoms with Crippen molar-refractivity contribution in [3.63, 3.8) is 0 Å². The number of carbonyl (C=O) groups excluding carboxylic acids is 1. The van der Waals surface area contributed by atoms with Crippen LogP contribution < -0.4 is 0 Å². The fourth-order valence-electron chi connectivity index (χ4n) is 2.29. The molecular formula is C15H20BrNO2. The summed E-state index contributed by atoms with van der Waals surface area (Å²) in [5.41, 5.74) is 1.30. The number of morpholine rings is 1. The van der Waals surface area contributed by atoms with Gasteiger partial charge in [0.2, 0.25) is 5.91 Å². The zero-order valence-corrected chi connectivity index (χ0v) is 12.6. The number of hydrogen-bond donors (Lipinski definition) is 0. The van der Waals surface area contributed by atoms with E-state index in [0.29, 0.717) is 13.0 Å². The molecule has 0 bridgehead atoms. The second-order valence-electron chi connectivity index (χ2n) is 4.83. The van der Waals surface area contributed by atoms with Crippen molar-refractivity contribution in [1.29, 1.82) is 0 Å². The van der Waals surface area contributed by atoms with Crippen LogP contribution in [0.4, 0.5) is 0 Å². The van der Waals surface area contributed by atoms with Crippen molar-refractivity contribution < 1.29 is 9.53 Å². The number of amides is 1. The van der Waals surface area contributed by atoms with E-state index < -0.39 is 0 Å². The molecule has 1 aromatic rings. The molecule has 4 heteroatoms. The van der Waals surface area contributed by atoms with Crippen molar-refractivity contribution in [3.8, 4) is 0 Å². The van der Waals surface area contributed by atoms with Gasteiger partial charge in [-0.1, -0.05) is 46.3 Å². The van der Waals surface area contributed by atoms with Crippen LogP contribution in [-0.4, -0.2) is 41.9 Å². The van der Waals surface area contributed by atoms with Crippen LogP contribution in [0.2, 0.25) is 0 Å². The first-order valence-corrected chi connectivity index (χ1v) is 7.91. The highest BCUT2D eigenvalue weighted by Crippen LogP contribution is 2.11. The zero-order valence-electron chi connectivity index (χ0n) is 11.1. The van der Waals surface area contributed by atoms with Gasteiger partial charge in [-0.3, -0.25) is 4.79 Å². The third kappa shape index (κ3) is 4.62. The van der Waals surface area contributed by atoms with Crippen LogP contribution in [0.15, 0.2) is 30.3 Å². The molecule has 3 nitrogen and oxygen atoms in total. The first-order chi connectivity index (χ1) is 9.29. The summed E-state index contributed by atoms with van der Waals surface area (Å²) in [6.45, 7) is 2.10. The molecule has 1 aliphatic heterocycles. The predicted octanol–water partition coefficient (Wildman–Crippen LogP) is 2.63. The molecule has 1 saturated heterocycles. The Morgan fingerprint density at radius 1 is 1.37 bits per heavy atom. The molecule has 104 valence electrons. The van der Waals surface area contributed by atoms with Crippen molar-refractivity contribution >= 4 is 21.8 Å². The third-order valence-electron chi connectivity index (χ3n) is 3.36. The number of nitrogens with zero attached hydrogens (tertiary/aromatic N) is 1. The molecule has 0 N–H and O–H groups in total. The van der Waals surface area contributed by atoms with E-state index in [4.69, 9.17) is 4.74 Å². The van der Waals surface area contributed by atoms with Gasteiger partial charge in [0.25, 0.3) is 0 Å². The lowest BCUT2D eigenvalue weighted by molar-refractivity contribution is -0.138. The Labute approximate surface area is 123 Å².